The van der Waals surface area contributed by atoms with Crippen molar-refractivity contribution in [2.45, 2.75) is 27.3 Å². The summed E-state index contributed by atoms with van der Waals surface area (Å²) in [5.74, 6) is -0.310. The van der Waals surface area contributed by atoms with E-state index in [0.29, 0.717) is 23.7 Å². The minimum atomic E-state index is -0.344. The SMILES string of the molecule is CCN(CC)C(=O)Cn1cc(/C=C2\SC(=O)N(c3ccc(C)cc3)C2=O)c2cc(Br)ccc21. The van der Waals surface area contributed by atoms with Crippen molar-refractivity contribution in [3.05, 3.63) is 69.2 Å². The van der Waals surface area contributed by atoms with Gasteiger partial charge in [-0.2, -0.15) is 0 Å². The van der Waals surface area contributed by atoms with Gasteiger partial charge in [-0.05, 0) is 68.9 Å². The molecule has 0 bridgehead atoms. The van der Waals surface area contributed by atoms with Crippen molar-refractivity contribution in [3.8, 4) is 0 Å². The molecule has 2 aromatic carbocycles. The lowest BCUT2D eigenvalue weighted by atomic mass is 10.1. The molecule has 33 heavy (non-hydrogen) atoms. The van der Waals surface area contributed by atoms with E-state index in [-0.39, 0.29) is 23.6 Å². The van der Waals surface area contributed by atoms with E-state index in [9.17, 15) is 14.4 Å². The van der Waals surface area contributed by atoms with E-state index in [1.165, 1.54) is 4.90 Å². The van der Waals surface area contributed by atoms with Crippen molar-refractivity contribution in [2.24, 2.45) is 0 Å². The fourth-order valence-corrected chi connectivity index (χ4v) is 5.08. The number of aromatic nitrogens is 1. The number of thioether (sulfide) groups is 1. The van der Waals surface area contributed by atoms with Gasteiger partial charge < -0.3 is 9.47 Å². The van der Waals surface area contributed by atoms with Crippen LogP contribution in [0, 0.1) is 6.92 Å². The molecule has 3 aromatic rings. The van der Waals surface area contributed by atoms with Crippen LogP contribution in [0.5, 0.6) is 0 Å². The summed E-state index contributed by atoms with van der Waals surface area (Å²) in [5.41, 5.74) is 3.29. The summed E-state index contributed by atoms with van der Waals surface area (Å²) in [5, 5.41) is 0.579. The van der Waals surface area contributed by atoms with Crippen molar-refractivity contribution in [1.82, 2.24) is 9.47 Å². The third-order valence-electron chi connectivity index (χ3n) is 5.67. The smallest absolute Gasteiger partial charge is 0.298 e. The molecular weight excluding hydrogens is 502 g/mol. The first-order valence-corrected chi connectivity index (χ1v) is 12.3. The lowest BCUT2D eigenvalue weighted by Gasteiger charge is -2.19. The molecule has 0 aliphatic carbocycles. The van der Waals surface area contributed by atoms with Crippen LogP contribution >= 0.6 is 27.7 Å². The molecule has 1 aromatic heterocycles. The normalized spacial score (nSPS) is 15.2. The molecule has 170 valence electrons. The molecule has 0 unspecified atom stereocenters. The van der Waals surface area contributed by atoms with Crippen molar-refractivity contribution in [2.75, 3.05) is 18.0 Å². The van der Waals surface area contributed by atoms with Crippen LogP contribution in [0.3, 0.4) is 0 Å². The number of anilines is 1. The first-order chi connectivity index (χ1) is 15.8. The fourth-order valence-electron chi connectivity index (χ4n) is 3.89. The van der Waals surface area contributed by atoms with Crippen LogP contribution in [0.1, 0.15) is 25.0 Å². The summed E-state index contributed by atoms with van der Waals surface area (Å²) >= 11 is 4.44. The van der Waals surface area contributed by atoms with Gasteiger partial charge in [0.1, 0.15) is 6.54 Å². The Morgan fingerprint density at radius 2 is 1.79 bits per heavy atom. The third-order valence-corrected chi connectivity index (χ3v) is 7.03. The van der Waals surface area contributed by atoms with Crippen molar-refractivity contribution in [1.29, 1.82) is 0 Å². The van der Waals surface area contributed by atoms with Gasteiger partial charge in [-0.25, -0.2) is 4.90 Å². The zero-order chi connectivity index (χ0) is 23.7. The lowest BCUT2D eigenvalue weighted by Crippen LogP contribution is -2.33. The second-order valence-electron chi connectivity index (χ2n) is 7.79. The zero-order valence-corrected chi connectivity index (χ0v) is 21.1. The Kier molecular flexibility index (Phi) is 6.76. The number of fused-ring (bicyclic) bond motifs is 1. The maximum absolute atomic E-state index is 13.1. The van der Waals surface area contributed by atoms with Crippen LogP contribution in [0.2, 0.25) is 0 Å². The van der Waals surface area contributed by atoms with Crippen molar-refractivity contribution >= 4 is 67.4 Å². The molecule has 1 fully saturated rings. The van der Waals surface area contributed by atoms with E-state index in [4.69, 9.17) is 0 Å². The Hall–Kier alpha value is -2.84. The molecule has 0 radical (unpaired) electrons. The molecule has 1 aliphatic rings. The molecule has 4 rings (SSSR count). The highest BCUT2D eigenvalue weighted by atomic mass is 79.9. The number of hydrogen-bond acceptors (Lipinski definition) is 4. The number of halogens is 1. The molecule has 3 amide bonds. The van der Waals surface area contributed by atoms with E-state index in [1.54, 1.807) is 23.1 Å². The van der Waals surface area contributed by atoms with Crippen molar-refractivity contribution in [3.63, 3.8) is 0 Å². The quantitative estimate of drug-likeness (QED) is 0.380. The summed E-state index contributed by atoms with van der Waals surface area (Å²) in [6.45, 7) is 7.39. The Bertz CT molecular complexity index is 1280. The predicted molar refractivity (Wildman–Crippen MR) is 137 cm³/mol. The number of aryl methyl sites for hydroxylation is 1. The van der Waals surface area contributed by atoms with Gasteiger partial charge in [-0.1, -0.05) is 33.6 Å². The number of rotatable bonds is 6. The largest absolute Gasteiger partial charge is 0.342 e. The van der Waals surface area contributed by atoms with Crippen molar-refractivity contribution < 1.29 is 14.4 Å². The van der Waals surface area contributed by atoms with Crippen LogP contribution < -0.4 is 4.90 Å². The molecule has 1 aliphatic heterocycles. The second kappa shape index (κ2) is 9.57. The van der Waals surface area contributed by atoms with Gasteiger partial charge in [0, 0.05) is 40.2 Å². The molecule has 2 heterocycles. The zero-order valence-electron chi connectivity index (χ0n) is 18.7. The summed E-state index contributed by atoms with van der Waals surface area (Å²) in [4.78, 5) is 41.8. The monoisotopic (exact) mass is 525 g/mol. The number of hydrogen-bond donors (Lipinski definition) is 0. The molecule has 6 nitrogen and oxygen atoms in total. The van der Waals surface area contributed by atoms with Gasteiger partial charge in [0.2, 0.25) is 5.91 Å². The average Bonchev–Trinajstić information content (AvgIpc) is 3.25. The summed E-state index contributed by atoms with van der Waals surface area (Å²) in [6.07, 6.45) is 3.62. The number of nitrogens with zero attached hydrogens (tertiary/aromatic N) is 3. The standard InChI is InChI=1S/C25H24BrN3O3S/c1-4-27(5-2)23(30)15-28-14-17(20-13-18(26)8-11-21(20)28)12-22-24(31)29(25(32)33-22)19-9-6-16(3)7-10-19/h6-14H,4-5,15H2,1-3H3/b22-12-. The van der Waals surface area contributed by atoms with Crippen LogP contribution in [0.15, 0.2) is 58.0 Å². The van der Waals surface area contributed by atoms with Gasteiger partial charge in [0.25, 0.3) is 11.1 Å². The first-order valence-electron chi connectivity index (χ1n) is 10.7. The first kappa shape index (κ1) is 23.3. The van der Waals surface area contributed by atoms with E-state index in [0.717, 1.165) is 38.3 Å². The summed E-state index contributed by atoms with van der Waals surface area (Å²) < 4.78 is 2.79. The molecule has 8 heteroatoms. The highest BCUT2D eigenvalue weighted by molar-refractivity contribution is 9.10. The van der Waals surface area contributed by atoms with Gasteiger partial charge in [-0.15, -0.1) is 0 Å². The number of benzene rings is 2. The maximum atomic E-state index is 13.1. The topological polar surface area (TPSA) is 62.6 Å². The van der Waals surface area contributed by atoms with Crippen LogP contribution in [0.4, 0.5) is 10.5 Å². The number of imide groups is 1. The molecule has 1 saturated heterocycles. The fraction of sp³-hybridized carbons (Fsp3) is 0.240. The van der Waals surface area contributed by atoms with Crippen LogP contribution in [0.25, 0.3) is 17.0 Å². The Labute approximate surface area is 205 Å². The number of likely N-dealkylation sites (N-methyl/N-ethyl adjacent to an activating group) is 1. The second-order valence-corrected chi connectivity index (χ2v) is 9.70. The number of carbonyl (C=O) groups excluding carboxylic acids is 3. The molecular formula is C25H24BrN3O3S. The predicted octanol–water partition coefficient (Wildman–Crippen LogP) is 5.82. The molecule has 0 spiro atoms. The molecule has 0 saturated carbocycles. The minimum Gasteiger partial charge on any atom is -0.342 e. The number of carbonyl (C=O) groups is 3. The highest BCUT2D eigenvalue weighted by Gasteiger charge is 2.36. The average molecular weight is 526 g/mol. The van der Waals surface area contributed by atoms with E-state index in [2.05, 4.69) is 15.9 Å². The Morgan fingerprint density at radius 1 is 1.09 bits per heavy atom. The molecule has 0 N–H and O–H groups in total. The molecule has 0 atom stereocenters. The minimum absolute atomic E-state index is 0.0334. The van der Waals surface area contributed by atoms with Crippen LogP contribution in [-0.2, 0) is 16.1 Å². The van der Waals surface area contributed by atoms with Crippen LogP contribution in [-0.4, -0.2) is 39.6 Å². The van der Waals surface area contributed by atoms with Gasteiger partial charge in [-0.3, -0.25) is 14.4 Å². The Balaban J connectivity index is 1.71. The highest BCUT2D eigenvalue weighted by Crippen LogP contribution is 2.37. The Morgan fingerprint density at radius 3 is 2.45 bits per heavy atom. The van der Waals surface area contributed by atoms with E-state index < -0.39 is 0 Å². The number of amides is 3. The van der Waals surface area contributed by atoms with E-state index in [1.807, 2.05) is 61.9 Å². The third kappa shape index (κ3) is 4.63. The summed E-state index contributed by atoms with van der Waals surface area (Å²) in [6, 6.07) is 13.1. The maximum Gasteiger partial charge on any atom is 0.298 e. The lowest BCUT2D eigenvalue weighted by molar-refractivity contribution is -0.131. The van der Waals surface area contributed by atoms with Gasteiger partial charge in [0.15, 0.2) is 0 Å². The van der Waals surface area contributed by atoms with Gasteiger partial charge in [0.05, 0.1) is 10.6 Å². The van der Waals surface area contributed by atoms with E-state index >= 15 is 0 Å². The summed E-state index contributed by atoms with van der Waals surface area (Å²) in [7, 11) is 0. The van der Waals surface area contributed by atoms with Gasteiger partial charge >= 0.3 is 0 Å².